The zero-order valence-electron chi connectivity index (χ0n) is 12.1. The summed E-state index contributed by atoms with van der Waals surface area (Å²) in [6, 6.07) is 4.14. The molecule has 112 valence electrons. The third-order valence-electron chi connectivity index (χ3n) is 3.98. The maximum absolute atomic E-state index is 13.9. The van der Waals surface area contributed by atoms with E-state index in [1.165, 1.54) is 16.4 Å². The molecule has 1 aromatic carbocycles. The molecule has 0 spiro atoms. The van der Waals surface area contributed by atoms with Gasteiger partial charge < -0.3 is 5.73 Å². The molecule has 1 aliphatic heterocycles. The first-order valence-electron chi connectivity index (χ1n) is 6.66. The standard InChI is InChI=1S/C14H21FN2O2S/c1-10-4-5-12(11(15)8-10)20(18,19)17-7-6-13(16)14(2,3)9-17/h4-5,8,13H,6-7,9,16H2,1-3H3. The van der Waals surface area contributed by atoms with Crippen LogP contribution in [0.25, 0.3) is 0 Å². The van der Waals surface area contributed by atoms with Gasteiger partial charge in [-0.25, -0.2) is 12.8 Å². The van der Waals surface area contributed by atoms with Gasteiger partial charge in [0.25, 0.3) is 0 Å². The van der Waals surface area contributed by atoms with Crippen LogP contribution in [-0.4, -0.2) is 31.9 Å². The monoisotopic (exact) mass is 300 g/mol. The van der Waals surface area contributed by atoms with Crippen molar-refractivity contribution in [3.05, 3.63) is 29.6 Å². The lowest BCUT2D eigenvalue weighted by molar-refractivity contribution is 0.155. The maximum Gasteiger partial charge on any atom is 0.246 e. The van der Waals surface area contributed by atoms with Crippen molar-refractivity contribution in [2.45, 2.75) is 38.1 Å². The summed E-state index contributed by atoms with van der Waals surface area (Å²) in [5.41, 5.74) is 6.39. The van der Waals surface area contributed by atoms with Crippen LogP contribution >= 0.6 is 0 Å². The first-order chi connectivity index (χ1) is 9.14. The number of piperidine rings is 1. The van der Waals surface area contributed by atoms with Crippen molar-refractivity contribution in [2.24, 2.45) is 11.1 Å². The van der Waals surface area contributed by atoms with E-state index in [4.69, 9.17) is 5.73 Å². The lowest BCUT2D eigenvalue weighted by Gasteiger charge is -2.41. The van der Waals surface area contributed by atoms with Crippen molar-refractivity contribution in [3.63, 3.8) is 0 Å². The van der Waals surface area contributed by atoms with Gasteiger partial charge in [0.1, 0.15) is 10.7 Å². The second kappa shape index (κ2) is 5.09. The molecule has 1 unspecified atom stereocenters. The summed E-state index contributed by atoms with van der Waals surface area (Å²) in [5, 5.41) is 0. The molecule has 0 bridgehead atoms. The van der Waals surface area contributed by atoms with E-state index in [9.17, 15) is 12.8 Å². The van der Waals surface area contributed by atoms with Crippen LogP contribution in [0.4, 0.5) is 4.39 Å². The molecule has 1 aliphatic rings. The minimum absolute atomic E-state index is 0.0446. The van der Waals surface area contributed by atoms with Gasteiger partial charge in [0, 0.05) is 19.1 Å². The molecule has 0 aromatic heterocycles. The minimum atomic E-state index is -3.80. The van der Waals surface area contributed by atoms with Crippen LogP contribution in [0.1, 0.15) is 25.8 Å². The van der Waals surface area contributed by atoms with E-state index < -0.39 is 15.8 Å². The zero-order valence-corrected chi connectivity index (χ0v) is 12.9. The summed E-state index contributed by atoms with van der Waals surface area (Å²) in [4.78, 5) is -0.255. The van der Waals surface area contributed by atoms with Gasteiger partial charge >= 0.3 is 0 Å². The van der Waals surface area contributed by atoms with Gasteiger partial charge in [-0.05, 0) is 36.5 Å². The largest absolute Gasteiger partial charge is 0.327 e. The molecule has 6 heteroatoms. The Bertz CT molecular complexity index is 614. The second-order valence-corrected chi connectivity index (χ2v) is 8.06. The average Bonchev–Trinajstić information content (AvgIpc) is 2.31. The third-order valence-corrected chi connectivity index (χ3v) is 5.86. The molecule has 0 saturated carbocycles. The van der Waals surface area contributed by atoms with Gasteiger partial charge in [0.05, 0.1) is 0 Å². The van der Waals surface area contributed by atoms with Crippen LogP contribution in [0.3, 0.4) is 0 Å². The number of nitrogens with two attached hydrogens (primary N) is 1. The van der Waals surface area contributed by atoms with Gasteiger partial charge in [0.2, 0.25) is 10.0 Å². The molecule has 2 rings (SSSR count). The molecule has 0 radical (unpaired) electrons. The Morgan fingerprint density at radius 3 is 2.60 bits per heavy atom. The van der Waals surface area contributed by atoms with Crippen LogP contribution in [-0.2, 0) is 10.0 Å². The van der Waals surface area contributed by atoms with E-state index in [2.05, 4.69) is 0 Å². The second-order valence-electron chi connectivity index (χ2n) is 6.16. The Balaban J connectivity index is 2.36. The fraction of sp³-hybridized carbons (Fsp3) is 0.571. The highest BCUT2D eigenvalue weighted by atomic mass is 32.2. The number of sulfonamides is 1. The topological polar surface area (TPSA) is 63.4 Å². The van der Waals surface area contributed by atoms with E-state index in [1.807, 2.05) is 13.8 Å². The highest BCUT2D eigenvalue weighted by molar-refractivity contribution is 7.89. The normalized spacial score (nSPS) is 23.8. The minimum Gasteiger partial charge on any atom is -0.327 e. The first kappa shape index (κ1) is 15.4. The zero-order chi connectivity index (χ0) is 15.1. The van der Waals surface area contributed by atoms with E-state index in [-0.39, 0.29) is 16.4 Å². The number of hydrogen-bond donors (Lipinski definition) is 1. The van der Waals surface area contributed by atoms with Crippen molar-refractivity contribution in [1.29, 1.82) is 0 Å². The molecule has 2 N–H and O–H groups in total. The molecule has 4 nitrogen and oxygen atoms in total. The Kier molecular flexibility index (Phi) is 3.92. The highest BCUT2D eigenvalue weighted by Crippen LogP contribution is 2.31. The van der Waals surface area contributed by atoms with E-state index in [0.717, 1.165) is 0 Å². The fourth-order valence-electron chi connectivity index (χ4n) is 2.48. The van der Waals surface area contributed by atoms with Crippen molar-refractivity contribution in [2.75, 3.05) is 13.1 Å². The van der Waals surface area contributed by atoms with Crippen LogP contribution in [0.5, 0.6) is 0 Å². The number of halogens is 1. The summed E-state index contributed by atoms with van der Waals surface area (Å²) < 4.78 is 40.4. The van der Waals surface area contributed by atoms with Crippen LogP contribution in [0.15, 0.2) is 23.1 Å². The Morgan fingerprint density at radius 1 is 1.40 bits per heavy atom. The van der Waals surface area contributed by atoms with Crippen LogP contribution in [0.2, 0.25) is 0 Å². The van der Waals surface area contributed by atoms with Crippen LogP contribution in [0, 0.1) is 18.2 Å². The van der Waals surface area contributed by atoms with Crippen molar-refractivity contribution in [1.82, 2.24) is 4.31 Å². The molecule has 0 amide bonds. The maximum atomic E-state index is 13.9. The Morgan fingerprint density at radius 2 is 2.05 bits per heavy atom. The van der Waals surface area contributed by atoms with Gasteiger partial charge in [-0.3, -0.25) is 0 Å². The van der Waals surface area contributed by atoms with E-state index >= 15 is 0 Å². The van der Waals surface area contributed by atoms with Gasteiger partial charge in [-0.15, -0.1) is 0 Å². The van der Waals surface area contributed by atoms with Crippen molar-refractivity contribution >= 4 is 10.0 Å². The van der Waals surface area contributed by atoms with E-state index in [1.54, 1.807) is 13.0 Å². The number of hydrogen-bond acceptors (Lipinski definition) is 3. The quantitative estimate of drug-likeness (QED) is 0.907. The highest BCUT2D eigenvalue weighted by Gasteiger charge is 2.39. The SMILES string of the molecule is Cc1ccc(S(=O)(=O)N2CCC(N)C(C)(C)C2)c(F)c1. The molecule has 1 fully saturated rings. The predicted molar refractivity (Wildman–Crippen MR) is 76.3 cm³/mol. The fourth-order valence-corrected chi connectivity index (χ4v) is 4.16. The average molecular weight is 300 g/mol. The molecular formula is C14H21FN2O2S. The molecule has 20 heavy (non-hydrogen) atoms. The van der Waals surface area contributed by atoms with Crippen molar-refractivity contribution < 1.29 is 12.8 Å². The van der Waals surface area contributed by atoms with E-state index in [0.29, 0.717) is 25.1 Å². The summed E-state index contributed by atoms with van der Waals surface area (Å²) in [6.07, 6.45) is 0.583. The smallest absolute Gasteiger partial charge is 0.246 e. The van der Waals surface area contributed by atoms with Gasteiger partial charge in [0.15, 0.2) is 0 Å². The summed E-state index contributed by atoms with van der Waals surface area (Å²) >= 11 is 0. The Hall–Kier alpha value is -0.980. The molecular weight excluding hydrogens is 279 g/mol. The predicted octanol–water partition coefficient (Wildman–Crippen LogP) is 1.88. The van der Waals surface area contributed by atoms with Gasteiger partial charge in [-0.2, -0.15) is 4.31 Å². The molecule has 1 heterocycles. The van der Waals surface area contributed by atoms with Crippen LogP contribution < -0.4 is 5.73 Å². The molecule has 1 atom stereocenters. The summed E-state index contributed by atoms with van der Waals surface area (Å²) in [5.74, 6) is -0.697. The lowest BCUT2D eigenvalue weighted by Crippen LogP contribution is -2.53. The van der Waals surface area contributed by atoms with Gasteiger partial charge in [-0.1, -0.05) is 19.9 Å². The molecule has 1 aromatic rings. The third kappa shape index (κ3) is 2.73. The van der Waals surface area contributed by atoms with Crippen molar-refractivity contribution in [3.8, 4) is 0 Å². The lowest BCUT2D eigenvalue weighted by atomic mass is 9.81. The molecule has 0 aliphatic carbocycles. The summed E-state index contributed by atoms with van der Waals surface area (Å²) in [6.45, 7) is 6.24. The molecule has 1 saturated heterocycles. The number of nitrogens with zero attached hydrogens (tertiary/aromatic N) is 1. The first-order valence-corrected chi connectivity index (χ1v) is 8.10. The number of benzene rings is 1. The number of aryl methyl sites for hydroxylation is 1. The number of rotatable bonds is 2. The summed E-state index contributed by atoms with van der Waals surface area (Å²) in [7, 11) is -3.80. The Labute approximate surface area is 119 Å².